The van der Waals surface area contributed by atoms with Crippen molar-refractivity contribution in [3.63, 3.8) is 0 Å². The van der Waals surface area contributed by atoms with E-state index in [0.717, 1.165) is 51.0 Å². The summed E-state index contributed by atoms with van der Waals surface area (Å²) >= 11 is 0. The van der Waals surface area contributed by atoms with Gasteiger partial charge in [0, 0.05) is 19.2 Å². The van der Waals surface area contributed by atoms with Gasteiger partial charge >= 0.3 is 0 Å². The molecule has 0 amide bonds. The SMILES string of the molecule is CC.CNc1ccc(C(C)=C2CCOCC2)cn1.O=CC1CC1. The number of nitrogens with one attached hydrogen (secondary N) is 1. The van der Waals surface area contributed by atoms with E-state index in [1.807, 2.05) is 33.2 Å². The van der Waals surface area contributed by atoms with Crippen LogP contribution in [0.3, 0.4) is 0 Å². The van der Waals surface area contributed by atoms with E-state index < -0.39 is 0 Å². The maximum Gasteiger partial charge on any atom is 0.125 e. The molecular weight excluding hydrogens is 288 g/mol. The fourth-order valence-electron chi connectivity index (χ4n) is 2.19. The molecule has 0 spiro atoms. The van der Waals surface area contributed by atoms with Gasteiger partial charge in [0.05, 0.1) is 13.2 Å². The molecule has 23 heavy (non-hydrogen) atoms. The summed E-state index contributed by atoms with van der Waals surface area (Å²) in [6, 6.07) is 4.13. The van der Waals surface area contributed by atoms with Gasteiger partial charge in [0.15, 0.2) is 0 Å². The van der Waals surface area contributed by atoms with Crippen molar-refractivity contribution in [1.29, 1.82) is 0 Å². The molecule has 1 aromatic rings. The second-order valence-electron chi connectivity index (χ2n) is 5.50. The number of nitrogens with zero attached hydrogens (tertiary/aromatic N) is 1. The van der Waals surface area contributed by atoms with Gasteiger partial charge in [-0.3, -0.25) is 0 Å². The third-order valence-corrected chi connectivity index (χ3v) is 3.89. The van der Waals surface area contributed by atoms with E-state index in [0.29, 0.717) is 5.92 Å². The van der Waals surface area contributed by atoms with E-state index in [1.54, 1.807) is 0 Å². The van der Waals surface area contributed by atoms with E-state index in [9.17, 15) is 4.79 Å². The molecule has 128 valence electrons. The summed E-state index contributed by atoms with van der Waals surface area (Å²) in [6.07, 6.45) is 7.36. The smallest absolute Gasteiger partial charge is 0.125 e. The van der Waals surface area contributed by atoms with Crippen molar-refractivity contribution < 1.29 is 9.53 Å². The lowest BCUT2D eigenvalue weighted by Gasteiger charge is -2.18. The third kappa shape index (κ3) is 6.95. The van der Waals surface area contributed by atoms with Crippen LogP contribution in [0.1, 0.15) is 52.0 Å². The minimum absolute atomic E-state index is 0.454. The highest BCUT2D eigenvalue weighted by molar-refractivity contribution is 5.67. The lowest BCUT2D eigenvalue weighted by atomic mass is 9.97. The number of anilines is 1. The van der Waals surface area contributed by atoms with Gasteiger partial charge in [-0.2, -0.15) is 0 Å². The monoisotopic (exact) mass is 318 g/mol. The van der Waals surface area contributed by atoms with Crippen molar-refractivity contribution in [3.05, 3.63) is 29.5 Å². The molecule has 4 nitrogen and oxygen atoms in total. The highest BCUT2D eigenvalue weighted by Crippen LogP contribution is 2.25. The van der Waals surface area contributed by atoms with E-state index in [2.05, 4.69) is 23.3 Å². The Morgan fingerprint density at radius 1 is 1.26 bits per heavy atom. The van der Waals surface area contributed by atoms with Gasteiger partial charge in [0.25, 0.3) is 0 Å². The van der Waals surface area contributed by atoms with Gasteiger partial charge in [-0.1, -0.05) is 19.4 Å². The minimum Gasteiger partial charge on any atom is -0.381 e. The normalized spacial score (nSPS) is 16.3. The number of hydrogen-bond acceptors (Lipinski definition) is 4. The van der Waals surface area contributed by atoms with E-state index in [4.69, 9.17) is 4.74 Å². The number of aromatic nitrogens is 1. The second-order valence-corrected chi connectivity index (χ2v) is 5.50. The predicted molar refractivity (Wildman–Crippen MR) is 96.6 cm³/mol. The van der Waals surface area contributed by atoms with Crippen molar-refractivity contribution in [2.24, 2.45) is 5.92 Å². The number of allylic oxidation sites excluding steroid dienone is 1. The quantitative estimate of drug-likeness (QED) is 0.843. The number of carbonyl (C=O) groups is 1. The van der Waals surface area contributed by atoms with Gasteiger partial charge in [-0.05, 0) is 55.9 Å². The van der Waals surface area contributed by atoms with Crippen molar-refractivity contribution in [2.75, 3.05) is 25.6 Å². The fraction of sp³-hybridized carbons (Fsp3) is 0.579. The lowest BCUT2D eigenvalue weighted by molar-refractivity contribution is -0.108. The Balaban J connectivity index is 0.000000317. The predicted octanol–water partition coefficient (Wildman–Crippen LogP) is 4.33. The van der Waals surface area contributed by atoms with Crippen molar-refractivity contribution in [2.45, 2.75) is 46.5 Å². The fourth-order valence-corrected chi connectivity index (χ4v) is 2.19. The van der Waals surface area contributed by atoms with Crippen LogP contribution in [0.15, 0.2) is 23.9 Å². The molecule has 0 aromatic carbocycles. The Labute approximate surface area is 140 Å². The number of carbonyl (C=O) groups excluding carboxylic acids is 1. The highest BCUT2D eigenvalue weighted by atomic mass is 16.5. The molecule has 3 rings (SSSR count). The first-order valence-corrected chi connectivity index (χ1v) is 8.60. The Kier molecular flexibility index (Phi) is 9.22. The summed E-state index contributed by atoms with van der Waals surface area (Å²) in [7, 11) is 1.88. The molecule has 0 atom stereocenters. The van der Waals surface area contributed by atoms with Crippen LogP contribution < -0.4 is 5.32 Å². The average molecular weight is 318 g/mol. The van der Waals surface area contributed by atoms with Crippen LogP contribution in [0.5, 0.6) is 0 Å². The lowest BCUT2D eigenvalue weighted by Crippen LogP contribution is -2.08. The maximum atomic E-state index is 9.57. The largest absolute Gasteiger partial charge is 0.381 e. The molecular formula is C19H30N2O2. The minimum atomic E-state index is 0.454. The Bertz CT molecular complexity index is 483. The summed E-state index contributed by atoms with van der Waals surface area (Å²) in [6.45, 7) is 7.89. The molecule has 1 aliphatic carbocycles. The van der Waals surface area contributed by atoms with Crippen LogP contribution >= 0.6 is 0 Å². The van der Waals surface area contributed by atoms with Crippen molar-refractivity contribution >= 4 is 17.7 Å². The van der Waals surface area contributed by atoms with Crippen LogP contribution in [0.2, 0.25) is 0 Å². The molecule has 1 saturated heterocycles. The molecule has 4 heteroatoms. The summed E-state index contributed by atoms with van der Waals surface area (Å²) < 4.78 is 5.36. The zero-order chi connectivity index (χ0) is 17.1. The van der Waals surface area contributed by atoms with Crippen molar-refractivity contribution in [1.82, 2.24) is 4.98 Å². The Morgan fingerprint density at radius 3 is 2.30 bits per heavy atom. The Morgan fingerprint density at radius 2 is 1.91 bits per heavy atom. The molecule has 0 radical (unpaired) electrons. The Hall–Kier alpha value is -1.68. The molecule has 1 saturated carbocycles. The standard InChI is InChI=1S/C13H18N2O.C4H6O.C2H6/c1-10(11-5-7-16-8-6-11)12-3-4-13(14-2)15-9-12;5-3-4-1-2-4;1-2/h3-4,9H,5-8H2,1-2H3,(H,14,15);3-4H,1-2H2;1-2H3. The molecule has 1 aliphatic heterocycles. The van der Waals surface area contributed by atoms with Crippen LogP contribution in [0.25, 0.3) is 5.57 Å². The van der Waals surface area contributed by atoms with Gasteiger partial charge in [0.2, 0.25) is 0 Å². The summed E-state index contributed by atoms with van der Waals surface area (Å²) in [5.41, 5.74) is 4.08. The van der Waals surface area contributed by atoms with E-state index in [1.165, 1.54) is 16.7 Å². The van der Waals surface area contributed by atoms with Gasteiger partial charge in [-0.15, -0.1) is 0 Å². The number of aldehydes is 1. The first-order chi connectivity index (χ1) is 11.2. The first kappa shape index (κ1) is 19.4. The molecule has 0 unspecified atom stereocenters. The van der Waals surface area contributed by atoms with Crippen LogP contribution in [0.4, 0.5) is 5.82 Å². The third-order valence-electron chi connectivity index (χ3n) is 3.89. The van der Waals surface area contributed by atoms with Crippen LogP contribution in [0, 0.1) is 5.92 Å². The zero-order valence-corrected chi connectivity index (χ0v) is 14.9. The summed E-state index contributed by atoms with van der Waals surface area (Å²) in [5, 5.41) is 3.03. The summed E-state index contributed by atoms with van der Waals surface area (Å²) in [4.78, 5) is 13.9. The van der Waals surface area contributed by atoms with Gasteiger partial charge in [-0.25, -0.2) is 4.98 Å². The molecule has 2 aliphatic rings. The topological polar surface area (TPSA) is 51.2 Å². The maximum absolute atomic E-state index is 9.57. The van der Waals surface area contributed by atoms with Crippen LogP contribution in [-0.2, 0) is 9.53 Å². The van der Waals surface area contributed by atoms with E-state index in [-0.39, 0.29) is 0 Å². The zero-order valence-electron chi connectivity index (χ0n) is 14.9. The average Bonchev–Trinajstić information content (AvgIpc) is 3.49. The number of hydrogen-bond donors (Lipinski definition) is 1. The first-order valence-electron chi connectivity index (χ1n) is 8.60. The molecule has 2 fully saturated rings. The summed E-state index contributed by atoms with van der Waals surface area (Å²) in [5.74, 6) is 1.36. The number of rotatable bonds is 3. The molecule has 1 aromatic heterocycles. The number of ether oxygens (including phenoxy) is 1. The van der Waals surface area contributed by atoms with Gasteiger partial charge in [0.1, 0.15) is 12.1 Å². The highest BCUT2D eigenvalue weighted by Gasteiger charge is 2.18. The number of pyridine rings is 1. The molecule has 1 N–H and O–H groups in total. The molecule has 0 bridgehead atoms. The second kappa shape index (κ2) is 10.9. The van der Waals surface area contributed by atoms with E-state index >= 15 is 0 Å². The van der Waals surface area contributed by atoms with Crippen LogP contribution in [-0.4, -0.2) is 31.5 Å². The van der Waals surface area contributed by atoms with Crippen molar-refractivity contribution in [3.8, 4) is 0 Å². The van der Waals surface area contributed by atoms with Gasteiger partial charge < -0.3 is 14.8 Å². The molecule has 2 heterocycles.